The Morgan fingerprint density at radius 2 is 1.56 bits per heavy atom. The van der Waals surface area contributed by atoms with E-state index in [2.05, 4.69) is 10.2 Å². The number of rotatable bonds is 6. The number of fused-ring (bicyclic) bond motifs is 2. The standard InChI is InChI=1S/C25H18N2O3S2/c28-32(29,21-14-13-18-7-1-2-9-20(18)17-21)16-6-15-31-25-27-26-24(30-25)23-12-5-10-19-8-3-4-11-22(19)23/h1-14,16-17H,15H2. The molecule has 0 unspecified atom stereocenters. The number of thioether (sulfide) groups is 1. The summed E-state index contributed by atoms with van der Waals surface area (Å²) in [6.07, 6.45) is 1.59. The maximum atomic E-state index is 12.7. The molecule has 7 heteroatoms. The van der Waals surface area contributed by atoms with E-state index in [0.717, 1.165) is 27.1 Å². The molecular weight excluding hydrogens is 440 g/mol. The largest absolute Gasteiger partial charge is 0.411 e. The van der Waals surface area contributed by atoms with Crippen molar-refractivity contribution in [2.75, 3.05) is 5.75 Å². The molecule has 4 aromatic carbocycles. The number of aromatic nitrogens is 2. The van der Waals surface area contributed by atoms with Crippen molar-refractivity contribution >= 4 is 43.1 Å². The van der Waals surface area contributed by atoms with Gasteiger partial charge in [0.2, 0.25) is 5.89 Å². The van der Waals surface area contributed by atoms with Crippen molar-refractivity contribution in [3.63, 3.8) is 0 Å². The van der Waals surface area contributed by atoms with E-state index in [9.17, 15) is 8.42 Å². The van der Waals surface area contributed by atoms with Gasteiger partial charge in [0, 0.05) is 16.7 Å². The Balaban J connectivity index is 1.28. The topological polar surface area (TPSA) is 73.1 Å². The minimum Gasteiger partial charge on any atom is -0.411 e. The molecule has 0 bridgehead atoms. The molecule has 0 radical (unpaired) electrons. The van der Waals surface area contributed by atoms with Gasteiger partial charge in [-0.1, -0.05) is 84.6 Å². The second-order valence-electron chi connectivity index (χ2n) is 7.14. The van der Waals surface area contributed by atoms with Crippen LogP contribution in [0, 0.1) is 0 Å². The maximum absolute atomic E-state index is 12.7. The highest BCUT2D eigenvalue weighted by Gasteiger charge is 2.13. The summed E-state index contributed by atoms with van der Waals surface area (Å²) in [7, 11) is -3.53. The summed E-state index contributed by atoms with van der Waals surface area (Å²) in [4.78, 5) is 0.272. The number of hydrogen-bond acceptors (Lipinski definition) is 6. The molecule has 0 atom stereocenters. The zero-order valence-electron chi connectivity index (χ0n) is 16.9. The minimum absolute atomic E-state index is 0.272. The van der Waals surface area contributed by atoms with Crippen LogP contribution in [-0.4, -0.2) is 24.4 Å². The third-order valence-electron chi connectivity index (χ3n) is 5.05. The van der Waals surface area contributed by atoms with Gasteiger partial charge in [0.1, 0.15) is 0 Å². The Labute approximate surface area is 189 Å². The summed E-state index contributed by atoms with van der Waals surface area (Å²) in [5, 5.41) is 13.9. The number of hydrogen-bond donors (Lipinski definition) is 0. The van der Waals surface area contributed by atoms with Crippen LogP contribution >= 0.6 is 11.8 Å². The lowest BCUT2D eigenvalue weighted by molar-refractivity contribution is 0.466. The fourth-order valence-electron chi connectivity index (χ4n) is 3.50. The van der Waals surface area contributed by atoms with E-state index < -0.39 is 9.84 Å². The first-order chi connectivity index (χ1) is 15.6. The molecule has 0 aliphatic carbocycles. The Kier molecular flexibility index (Phi) is 5.51. The Hall–Kier alpha value is -3.42. The summed E-state index contributed by atoms with van der Waals surface area (Å²) >= 11 is 1.29. The predicted octanol–water partition coefficient (Wildman–Crippen LogP) is 6.12. The van der Waals surface area contributed by atoms with Crippen LogP contribution in [0.3, 0.4) is 0 Å². The van der Waals surface area contributed by atoms with E-state index in [-0.39, 0.29) is 4.90 Å². The molecule has 1 heterocycles. The monoisotopic (exact) mass is 458 g/mol. The van der Waals surface area contributed by atoms with Gasteiger partial charge in [0.15, 0.2) is 9.84 Å². The van der Waals surface area contributed by atoms with E-state index in [1.807, 2.05) is 72.8 Å². The maximum Gasteiger partial charge on any atom is 0.277 e. The quantitative estimate of drug-likeness (QED) is 0.285. The molecule has 0 amide bonds. The molecule has 0 saturated carbocycles. The molecule has 0 aliphatic rings. The van der Waals surface area contributed by atoms with Crippen molar-refractivity contribution in [2.24, 2.45) is 0 Å². The van der Waals surface area contributed by atoms with E-state index in [4.69, 9.17) is 4.42 Å². The smallest absolute Gasteiger partial charge is 0.277 e. The zero-order valence-corrected chi connectivity index (χ0v) is 18.5. The van der Waals surface area contributed by atoms with Gasteiger partial charge in [0.25, 0.3) is 5.22 Å². The van der Waals surface area contributed by atoms with Gasteiger partial charge >= 0.3 is 0 Å². The van der Waals surface area contributed by atoms with Crippen LogP contribution in [0.5, 0.6) is 0 Å². The Bertz CT molecular complexity index is 1550. The third kappa shape index (κ3) is 4.17. The Morgan fingerprint density at radius 1 is 0.812 bits per heavy atom. The van der Waals surface area contributed by atoms with Crippen LogP contribution in [0.2, 0.25) is 0 Å². The van der Waals surface area contributed by atoms with Crippen LogP contribution in [0.4, 0.5) is 0 Å². The first kappa shape index (κ1) is 20.5. The lowest BCUT2D eigenvalue weighted by Gasteiger charge is -2.02. The lowest BCUT2D eigenvalue weighted by atomic mass is 10.0. The van der Waals surface area contributed by atoms with Crippen molar-refractivity contribution in [1.29, 1.82) is 0 Å². The van der Waals surface area contributed by atoms with Crippen LogP contribution in [0.15, 0.2) is 111 Å². The van der Waals surface area contributed by atoms with E-state index in [1.165, 1.54) is 17.2 Å². The fourth-order valence-corrected chi connectivity index (χ4v) is 5.25. The molecule has 158 valence electrons. The zero-order chi connectivity index (χ0) is 22.0. The molecule has 0 spiro atoms. The van der Waals surface area contributed by atoms with Gasteiger partial charge in [-0.3, -0.25) is 0 Å². The molecule has 1 aromatic heterocycles. The summed E-state index contributed by atoms with van der Waals surface area (Å²) in [6.45, 7) is 0. The van der Waals surface area contributed by atoms with E-state index in [0.29, 0.717) is 16.9 Å². The first-order valence-corrected chi connectivity index (χ1v) is 12.5. The fraction of sp³-hybridized carbons (Fsp3) is 0.0400. The highest BCUT2D eigenvalue weighted by atomic mass is 32.2. The van der Waals surface area contributed by atoms with E-state index in [1.54, 1.807) is 18.2 Å². The van der Waals surface area contributed by atoms with Gasteiger partial charge in [0.05, 0.1) is 4.90 Å². The second-order valence-corrected chi connectivity index (χ2v) is 9.94. The molecular formula is C25H18N2O3S2. The van der Waals surface area contributed by atoms with Crippen molar-refractivity contribution in [1.82, 2.24) is 10.2 Å². The summed E-state index contributed by atoms with van der Waals surface area (Å²) in [6, 6.07) is 26.7. The van der Waals surface area contributed by atoms with Crippen LogP contribution in [0.1, 0.15) is 0 Å². The highest BCUT2D eigenvalue weighted by Crippen LogP contribution is 2.29. The van der Waals surface area contributed by atoms with Gasteiger partial charge in [-0.05, 0) is 39.7 Å². The molecule has 32 heavy (non-hydrogen) atoms. The third-order valence-corrected chi connectivity index (χ3v) is 7.29. The van der Waals surface area contributed by atoms with Crippen molar-refractivity contribution in [3.8, 4) is 11.5 Å². The van der Waals surface area contributed by atoms with Crippen molar-refractivity contribution in [2.45, 2.75) is 10.1 Å². The highest BCUT2D eigenvalue weighted by molar-refractivity contribution is 7.99. The molecule has 5 rings (SSSR count). The van der Waals surface area contributed by atoms with Crippen molar-refractivity contribution in [3.05, 3.63) is 96.4 Å². The average molecular weight is 459 g/mol. The van der Waals surface area contributed by atoms with Gasteiger partial charge < -0.3 is 4.42 Å². The minimum atomic E-state index is -3.53. The first-order valence-electron chi connectivity index (χ1n) is 9.95. The normalized spacial score (nSPS) is 12.1. The number of sulfone groups is 1. The molecule has 0 N–H and O–H groups in total. The average Bonchev–Trinajstić information content (AvgIpc) is 3.30. The molecule has 0 fully saturated rings. The van der Waals surface area contributed by atoms with E-state index >= 15 is 0 Å². The summed E-state index contributed by atoms with van der Waals surface area (Å²) < 4.78 is 31.1. The van der Waals surface area contributed by atoms with Crippen LogP contribution in [-0.2, 0) is 9.84 Å². The van der Waals surface area contributed by atoms with Crippen molar-refractivity contribution < 1.29 is 12.8 Å². The predicted molar refractivity (Wildman–Crippen MR) is 128 cm³/mol. The Morgan fingerprint density at radius 3 is 2.44 bits per heavy atom. The van der Waals surface area contributed by atoms with Crippen LogP contribution < -0.4 is 0 Å². The SMILES string of the molecule is O=S(=O)(C=CCSc1nnc(-c2cccc3ccccc23)o1)c1ccc2ccccc2c1. The molecule has 0 aliphatic heterocycles. The lowest BCUT2D eigenvalue weighted by Crippen LogP contribution is -1.96. The number of benzene rings is 4. The van der Waals surface area contributed by atoms with Gasteiger partial charge in [-0.15, -0.1) is 10.2 Å². The van der Waals surface area contributed by atoms with Crippen LogP contribution in [0.25, 0.3) is 33.0 Å². The number of nitrogens with zero attached hydrogens (tertiary/aromatic N) is 2. The second kappa shape index (κ2) is 8.61. The molecule has 0 saturated heterocycles. The molecule has 5 aromatic rings. The summed E-state index contributed by atoms with van der Waals surface area (Å²) in [5.74, 6) is 0.835. The van der Waals surface area contributed by atoms with Gasteiger partial charge in [-0.2, -0.15) is 0 Å². The summed E-state index contributed by atoms with van der Waals surface area (Å²) in [5.41, 5.74) is 0.872. The molecule has 5 nitrogen and oxygen atoms in total. The van der Waals surface area contributed by atoms with Gasteiger partial charge in [-0.25, -0.2) is 8.42 Å².